The third-order valence-electron chi connectivity index (χ3n) is 4.39. The van der Waals surface area contributed by atoms with Crippen molar-refractivity contribution in [3.05, 3.63) is 59.9 Å². The Kier molecular flexibility index (Phi) is 6.23. The number of carbonyl (C=O) groups excluding carboxylic acids is 2. The van der Waals surface area contributed by atoms with E-state index in [0.29, 0.717) is 28.1 Å². The van der Waals surface area contributed by atoms with Crippen molar-refractivity contribution in [3.8, 4) is 11.5 Å². The molecule has 1 N–H and O–H groups in total. The number of aromatic nitrogens is 2. The molecule has 1 amide bonds. The fourth-order valence-electron chi connectivity index (χ4n) is 2.87. The third kappa shape index (κ3) is 4.60. The average molecular weight is 395 g/mol. The molecule has 0 spiro atoms. The SMILES string of the molecule is COC(=O)CC(NC(=O)c1cnc2ccccc2n1)c1ccc(OC)c(OC)c1. The van der Waals surface area contributed by atoms with Crippen LogP contribution in [0.2, 0.25) is 0 Å². The van der Waals surface area contributed by atoms with E-state index in [2.05, 4.69) is 15.3 Å². The van der Waals surface area contributed by atoms with Crippen LogP contribution < -0.4 is 14.8 Å². The first-order chi connectivity index (χ1) is 14.0. The Morgan fingerprint density at radius 1 is 1.00 bits per heavy atom. The van der Waals surface area contributed by atoms with E-state index in [4.69, 9.17) is 14.2 Å². The maximum absolute atomic E-state index is 12.8. The fraction of sp³-hybridized carbons (Fsp3) is 0.238. The number of methoxy groups -OCH3 is 3. The first-order valence-corrected chi connectivity index (χ1v) is 8.87. The minimum Gasteiger partial charge on any atom is -0.493 e. The molecule has 8 nitrogen and oxygen atoms in total. The molecule has 3 rings (SSSR count). The molecule has 150 valence electrons. The van der Waals surface area contributed by atoms with Gasteiger partial charge in [-0.1, -0.05) is 18.2 Å². The number of nitrogens with one attached hydrogen (secondary N) is 1. The van der Waals surface area contributed by atoms with E-state index in [1.165, 1.54) is 27.5 Å². The van der Waals surface area contributed by atoms with E-state index in [9.17, 15) is 9.59 Å². The highest BCUT2D eigenvalue weighted by Gasteiger charge is 2.22. The number of hydrogen-bond acceptors (Lipinski definition) is 7. The molecule has 1 unspecified atom stereocenters. The summed E-state index contributed by atoms with van der Waals surface area (Å²) in [7, 11) is 4.34. The standard InChI is InChI=1S/C21H21N3O5/c1-27-18-9-8-13(10-19(18)28-2)16(11-20(25)29-3)24-21(26)17-12-22-14-6-4-5-7-15(14)23-17/h4-10,12,16H,11H2,1-3H3,(H,24,26). The highest BCUT2D eigenvalue weighted by molar-refractivity contribution is 5.94. The molecular weight excluding hydrogens is 374 g/mol. The van der Waals surface area contributed by atoms with Crippen LogP contribution in [0.1, 0.15) is 28.5 Å². The van der Waals surface area contributed by atoms with Gasteiger partial charge in [-0.2, -0.15) is 0 Å². The molecule has 29 heavy (non-hydrogen) atoms. The van der Waals surface area contributed by atoms with Gasteiger partial charge in [-0.3, -0.25) is 14.6 Å². The maximum atomic E-state index is 12.8. The van der Waals surface area contributed by atoms with Crippen molar-refractivity contribution in [2.45, 2.75) is 12.5 Å². The molecule has 2 aromatic carbocycles. The summed E-state index contributed by atoms with van der Waals surface area (Å²) in [5.41, 5.74) is 2.11. The predicted molar refractivity (Wildman–Crippen MR) is 106 cm³/mol. The minimum absolute atomic E-state index is 0.0568. The van der Waals surface area contributed by atoms with Gasteiger partial charge in [0.15, 0.2) is 11.5 Å². The first-order valence-electron chi connectivity index (χ1n) is 8.87. The number of nitrogens with zero attached hydrogens (tertiary/aromatic N) is 2. The van der Waals surface area contributed by atoms with E-state index < -0.39 is 17.9 Å². The second kappa shape index (κ2) is 9.01. The van der Waals surface area contributed by atoms with Crippen LogP contribution in [0.3, 0.4) is 0 Å². The number of esters is 1. The lowest BCUT2D eigenvalue weighted by atomic mass is 10.0. The van der Waals surface area contributed by atoms with Gasteiger partial charge >= 0.3 is 5.97 Å². The zero-order valence-corrected chi connectivity index (χ0v) is 16.3. The molecule has 0 aliphatic rings. The van der Waals surface area contributed by atoms with Crippen LogP contribution in [0, 0.1) is 0 Å². The topological polar surface area (TPSA) is 99.6 Å². The van der Waals surface area contributed by atoms with Crippen LogP contribution in [0.4, 0.5) is 0 Å². The Morgan fingerprint density at radius 3 is 2.41 bits per heavy atom. The zero-order valence-electron chi connectivity index (χ0n) is 16.3. The van der Waals surface area contributed by atoms with Gasteiger partial charge in [0.2, 0.25) is 0 Å². The Balaban J connectivity index is 1.90. The normalized spacial score (nSPS) is 11.6. The lowest BCUT2D eigenvalue weighted by molar-refractivity contribution is -0.141. The van der Waals surface area contributed by atoms with Crippen molar-refractivity contribution in [1.82, 2.24) is 15.3 Å². The van der Waals surface area contributed by atoms with Crippen molar-refractivity contribution in [2.24, 2.45) is 0 Å². The monoisotopic (exact) mass is 395 g/mol. The lowest BCUT2D eigenvalue weighted by Gasteiger charge is -2.19. The molecule has 1 heterocycles. The van der Waals surface area contributed by atoms with Crippen LogP contribution in [0.5, 0.6) is 11.5 Å². The van der Waals surface area contributed by atoms with Gasteiger partial charge in [0.05, 0.1) is 51.0 Å². The zero-order chi connectivity index (χ0) is 20.8. The minimum atomic E-state index is -0.650. The van der Waals surface area contributed by atoms with Crippen LogP contribution in [-0.4, -0.2) is 43.2 Å². The highest BCUT2D eigenvalue weighted by atomic mass is 16.5. The summed E-state index contributed by atoms with van der Waals surface area (Å²) >= 11 is 0. The predicted octanol–water partition coefficient (Wildman–Crippen LogP) is 2.68. The first kappa shape index (κ1) is 20.1. The Morgan fingerprint density at radius 2 is 1.72 bits per heavy atom. The number of para-hydroxylation sites is 2. The quantitative estimate of drug-likeness (QED) is 0.614. The Hall–Kier alpha value is -3.68. The van der Waals surface area contributed by atoms with E-state index >= 15 is 0 Å². The van der Waals surface area contributed by atoms with E-state index in [1.54, 1.807) is 24.3 Å². The Labute approximate surface area is 167 Å². The molecule has 0 fully saturated rings. The molecule has 0 saturated carbocycles. The Bertz CT molecular complexity index is 1040. The average Bonchev–Trinajstić information content (AvgIpc) is 2.77. The molecule has 0 bridgehead atoms. The third-order valence-corrected chi connectivity index (χ3v) is 4.39. The summed E-state index contributed by atoms with van der Waals surface area (Å²) < 4.78 is 15.3. The number of ether oxygens (including phenoxy) is 3. The molecule has 1 atom stereocenters. The van der Waals surface area contributed by atoms with Gasteiger partial charge < -0.3 is 19.5 Å². The molecular formula is C21H21N3O5. The summed E-state index contributed by atoms with van der Waals surface area (Å²) in [6, 6.07) is 11.8. The van der Waals surface area contributed by atoms with Crippen molar-refractivity contribution in [1.29, 1.82) is 0 Å². The molecule has 3 aromatic rings. The van der Waals surface area contributed by atoms with Crippen molar-refractivity contribution in [3.63, 3.8) is 0 Å². The van der Waals surface area contributed by atoms with Gasteiger partial charge in [0, 0.05) is 0 Å². The summed E-state index contributed by atoms with van der Waals surface area (Å²) in [6.45, 7) is 0. The molecule has 0 radical (unpaired) electrons. The van der Waals surface area contributed by atoms with Gasteiger partial charge in [0.1, 0.15) is 5.69 Å². The van der Waals surface area contributed by atoms with Crippen LogP contribution >= 0.6 is 0 Å². The molecule has 8 heteroatoms. The van der Waals surface area contributed by atoms with Gasteiger partial charge in [-0.25, -0.2) is 4.98 Å². The molecule has 0 saturated heterocycles. The van der Waals surface area contributed by atoms with E-state index in [1.807, 2.05) is 18.2 Å². The number of benzene rings is 2. The van der Waals surface area contributed by atoms with Gasteiger partial charge in [0.25, 0.3) is 5.91 Å². The van der Waals surface area contributed by atoms with Gasteiger partial charge in [-0.05, 0) is 29.8 Å². The van der Waals surface area contributed by atoms with Crippen LogP contribution in [-0.2, 0) is 9.53 Å². The van der Waals surface area contributed by atoms with Gasteiger partial charge in [-0.15, -0.1) is 0 Å². The molecule has 0 aliphatic carbocycles. The summed E-state index contributed by atoms with van der Waals surface area (Å²) in [5.74, 6) is 0.112. The maximum Gasteiger partial charge on any atom is 0.307 e. The number of rotatable bonds is 7. The number of amides is 1. The number of fused-ring (bicyclic) bond motifs is 1. The lowest BCUT2D eigenvalue weighted by Crippen LogP contribution is -2.31. The number of carbonyl (C=O) groups is 2. The largest absolute Gasteiger partial charge is 0.493 e. The summed E-state index contributed by atoms with van der Waals surface area (Å²) in [5, 5.41) is 2.83. The van der Waals surface area contributed by atoms with Crippen LogP contribution in [0.25, 0.3) is 11.0 Å². The second-order valence-corrected chi connectivity index (χ2v) is 6.16. The van der Waals surface area contributed by atoms with Crippen LogP contribution in [0.15, 0.2) is 48.7 Å². The van der Waals surface area contributed by atoms with E-state index in [0.717, 1.165) is 0 Å². The van der Waals surface area contributed by atoms with Crippen molar-refractivity contribution < 1.29 is 23.8 Å². The molecule has 0 aliphatic heterocycles. The molecule has 1 aromatic heterocycles. The number of hydrogen-bond donors (Lipinski definition) is 1. The van der Waals surface area contributed by atoms with Crippen molar-refractivity contribution >= 4 is 22.9 Å². The highest BCUT2D eigenvalue weighted by Crippen LogP contribution is 2.31. The van der Waals surface area contributed by atoms with E-state index in [-0.39, 0.29) is 12.1 Å². The smallest absolute Gasteiger partial charge is 0.307 e. The fourth-order valence-corrected chi connectivity index (χ4v) is 2.87. The van der Waals surface area contributed by atoms with Crippen molar-refractivity contribution in [2.75, 3.05) is 21.3 Å². The summed E-state index contributed by atoms with van der Waals surface area (Å²) in [6.07, 6.45) is 1.35. The summed E-state index contributed by atoms with van der Waals surface area (Å²) in [4.78, 5) is 33.3. The second-order valence-electron chi connectivity index (χ2n) is 6.16.